The molecule has 1 saturated carbocycles. The smallest absolute Gasteiger partial charge is 0.144 e. The van der Waals surface area contributed by atoms with E-state index in [1.807, 2.05) is 0 Å². The van der Waals surface area contributed by atoms with Gasteiger partial charge in [0, 0.05) is 37.6 Å². The predicted molar refractivity (Wildman–Crippen MR) is 87.9 cm³/mol. The lowest BCUT2D eigenvalue weighted by Crippen LogP contribution is -2.61. The SMILES string of the molecule is CC1(C)CN(C2(CNc3cnccn3)CCCCC2)CCO1. The molecule has 22 heavy (non-hydrogen) atoms. The van der Waals surface area contributed by atoms with Crippen LogP contribution in [0.2, 0.25) is 0 Å². The highest BCUT2D eigenvalue weighted by molar-refractivity contribution is 5.31. The molecule has 0 spiro atoms. The number of nitrogens with zero attached hydrogens (tertiary/aromatic N) is 3. The minimum absolute atomic E-state index is 0.0464. The third kappa shape index (κ3) is 3.58. The first-order valence-corrected chi connectivity index (χ1v) is 8.49. The van der Waals surface area contributed by atoms with E-state index in [0.29, 0.717) is 0 Å². The zero-order valence-electron chi connectivity index (χ0n) is 13.8. The Morgan fingerprint density at radius 2 is 2.05 bits per heavy atom. The normalized spacial score (nSPS) is 24.8. The van der Waals surface area contributed by atoms with Crippen LogP contribution in [0.15, 0.2) is 18.6 Å². The number of hydrogen-bond donors (Lipinski definition) is 1. The summed E-state index contributed by atoms with van der Waals surface area (Å²) in [4.78, 5) is 11.2. The van der Waals surface area contributed by atoms with Gasteiger partial charge in [0.05, 0.1) is 18.4 Å². The van der Waals surface area contributed by atoms with Crippen LogP contribution in [0.4, 0.5) is 5.82 Å². The van der Waals surface area contributed by atoms with Gasteiger partial charge in [0.1, 0.15) is 5.82 Å². The van der Waals surface area contributed by atoms with Crippen molar-refractivity contribution >= 4 is 5.82 Å². The second-order valence-corrected chi connectivity index (χ2v) is 7.26. The molecule has 1 aromatic rings. The molecule has 1 saturated heterocycles. The monoisotopic (exact) mass is 304 g/mol. The van der Waals surface area contributed by atoms with Gasteiger partial charge in [-0.1, -0.05) is 19.3 Å². The molecule has 0 bridgehead atoms. The van der Waals surface area contributed by atoms with Crippen LogP contribution in [0.5, 0.6) is 0 Å². The summed E-state index contributed by atoms with van der Waals surface area (Å²) < 4.78 is 5.91. The lowest BCUT2D eigenvalue weighted by atomic mass is 9.79. The van der Waals surface area contributed by atoms with E-state index in [4.69, 9.17) is 4.74 Å². The van der Waals surface area contributed by atoms with E-state index in [2.05, 4.69) is 34.0 Å². The predicted octanol–water partition coefficient (Wildman–Crippen LogP) is 2.70. The number of hydrogen-bond acceptors (Lipinski definition) is 5. The Morgan fingerprint density at radius 1 is 1.23 bits per heavy atom. The average molecular weight is 304 g/mol. The van der Waals surface area contributed by atoms with Gasteiger partial charge in [-0.25, -0.2) is 4.98 Å². The Bertz CT molecular complexity index is 471. The summed E-state index contributed by atoms with van der Waals surface area (Å²) in [5.41, 5.74) is 0.187. The molecule has 0 radical (unpaired) electrons. The molecule has 0 atom stereocenters. The molecule has 2 heterocycles. The van der Waals surface area contributed by atoms with E-state index >= 15 is 0 Å². The van der Waals surface area contributed by atoms with Crippen molar-refractivity contribution in [2.75, 3.05) is 31.6 Å². The third-order valence-corrected chi connectivity index (χ3v) is 5.04. The Morgan fingerprint density at radius 3 is 2.73 bits per heavy atom. The molecule has 0 aromatic carbocycles. The van der Waals surface area contributed by atoms with Crippen molar-refractivity contribution in [2.24, 2.45) is 0 Å². The van der Waals surface area contributed by atoms with Gasteiger partial charge in [-0.3, -0.25) is 9.88 Å². The van der Waals surface area contributed by atoms with Crippen LogP contribution in [0.3, 0.4) is 0 Å². The van der Waals surface area contributed by atoms with Crippen molar-refractivity contribution in [3.63, 3.8) is 0 Å². The van der Waals surface area contributed by atoms with Crippen LogP contribution in [0.25, 0.3) is 0 Å². The van der Waals surface area contributed by atoms with Crippen LogP contribution in [-0.2, 0) is 4.74 Å². The van der Waals surface area contributed by atoms with Gasteiger partial charge in [0.15, 0.2) is 0 Å². The number of nitrogens with one attached hydrogen (secondary N) is 1. The molecule has 5 heteroatoms. The van der Waals surface area contributed by atoms with E-state index in [-0.39, 0.29) is 11.1 Å². The maximum Gasteiger partial charge on any atom is 0.144 e. The molecule has 1 aromatic heterocycles. The fraction of sp³-hybridized carbons (Fsp3) is 0.765. The quantitative estimate of drug-likeness (QED) is 0.927. The van der Waals surface area contributed by atoms with Gasteiger partial charge in [-0.15, -0.1) is 0 Å². The first-order valence-electron chi connectivity index (χ1n) is 8.49. The summed E-state index contributed by atoms with van der Waals surface area (Å²) in [6.07, 6.45) is 11.8. The van der Waals surface area contributed by atoms with Crippen molar-refractivity contribution < 1.29 is 4.74 Å². The zero-order valence-corrected chi connectivity index (χ0v) is 13.8. The molecular weight excluding hydrogens is 276 g/mol. The fourth-order valence-electron chi connectivity index (χ4n) is 3.88. The lowest BCUT2D eigenvalue weighted by molar-refractivity contribution is -0.120. The van der Waals surface area contributed by atoms with Crippen molar-refractivity contribution in [3.05, 3.63) is 18.6 Å². The van der Waals surface area contributed by atoms with E-state index in [1.165, 1.54) is 32.1 Å². The van der Waals surface area contributed by atoms with Crippen LogP contribution < -0.4 is 5.32 Å². The second kappa shape index (κ2) is 6.50. The molecule has 0 amide bonds. The van der Waals surface area contributed by atoms with Crippen LogP contribution in [0, 0.1) is 0 Å². The molecule has 5 nitrogen and oxygen atoms in total. The number of aromatic nitrogens is 2. The Balaban J connectivity index is 1.73. The summed E-state index contributed by atoms with van der Waals surface area (Å²) in [5.74, 6) is 0.875. The van der Waals surface area contributed by atoms with Crippen LogP contribution >= 0.6 is 0 Å². The molecule has 1 aliphatic carbocycles. The summed E-state index contributed by atoms with van der Waals surface area (Å²) in [5, 5.41) is 3.52. The van der Waals surface area contributed by atoms with Gasteiger partial charge in [0.2, 0.25) is 0 Å². The minimum Gasteiger partial charge on any atom is -0.373 e. The highest BCUT2D eigenvalue weighted by Crippen LogP contribution is 2.36. The number of anilines is 1. The number of morpholine rings is 1. The molecule has 1 aliphatic heterocycles. The van der Waals surface area contributed by atoms with Crippen molar-refractivity contribution in [3.8, 4) is 0 Å². The van der Waals surface area contributed by atoms with E-state index in [1.54, 1.807) is 18.6 Å². The van der Waals surface area contributed by atoms with E-state index in [9.17, 15) is 0 Å². The van der Waals surface area contributed by atoms with Crippen molar-refractivity contribution in [1.82, 2.24) is 14.9 Å². The van der Waals surface area contributed by atoms with Crippen molar-refractivity contribution in [1.29, 1.82) is 0 Å². The lowest BCUT2D eigenvalue weighted by Gasteiger charge is -2.51. The summed E-state index contributed by atoms with van der Waals surface area (Å²) in [7, 11) is 0. The van der Waals surface area contributed by atoms with Crippen LogP contribution in [0.1, 0.15) is 46.0 Å². The van der Waals surface area contributed by atoms with Crippen LogP contribution in [-0.4, -0.2) is 52.2 Å². The summed E-state index contributed by atoms with van der Waals surface area (Å²) in [6.45, 7) is 8.22. The van der Waals surface area contributed by atoms with Gasteiger partial charge >= 0.3 is 0 Å². The molecule has 0 unspecified atom stereocenters. The topological polar surface area (TPSA) is 50.3 Å². The third-order valence-electron chi connectivity index (χ3n) is 5.04. The molecule has 2 aliphatic rings. The highest BCUT2D eigenvalue weighted by atomic mass is 16.5. The fourth-order valence-corrected chi connectivity index (χ4v) is 3.88. The largest absolute Gasteiger partial charge is 0.373 e. The van der Waals surface area contributed by atoms with Gasteiger partial charge in [-0.05, 0) is 26.7 Å². The van der Waals surface area contributed by atoms with Gasteiger partial charge in [-0.2, -0.15) is 0 Å². The minimum atomic E-state index is -0.0464. The molecule has 1 N–H and O–H groups in total. The highest BCUT2D eigenvalue weighted by Gasteiger charge is 2.42. The number of ether oxygens (including phenoxy) is 1. The Hall–Kier alpha value is -1.20. The second-order valence-electron chi connectivity index (χ2n) is 7.26. The number of rotatable bonds is 4. The van der Waals surface area contributed by atoms with E-state index in [0.717, 1.165) is 32.1 Å². The summed E-state index contributed by atoms with van der Waals surface area (Å²) in [6, 6.07) is 0. The molecular formula is C17H28N4O. The standard InChI is InChI=1S/C17H28N4O/c1-16(2)14-21(10-11-22-16)17(6-4-3-5-7-17)13-20-15-12-18-8-9-19-15/h8-9,12H,3-7,10-11,13-14H2,1-2H3,(H,19,20). The molecule has 122 valence electrons. The van der Waals surface area contributed by atoms with Gasteiger partial charge in [0.25, 0.3) is 0 Å². The summed E-state index contributed by atoms with van der Waals surface area (Å²) >= 11 is 0. The van der Waals surface area contributed by atoms with Gasteiger partial charge < -0.3 is 10.1 Å². The molecule has 3 rings (SSSR count). The molecule has 2 fully saturated rings. The van der Waals surface area contributed by atoms with E-state index < -0.39 is 0 Å². The average Bonchev–Trinajstić information content (AvgIpc) is 2.54. The zero-order chi connectivity index (χ0) is 15.5. The maximum absolute atomic E-state index is 5.91. The first-order chi connectivity index (χ1) is 10.6. The first kappa shape index (κ1) is 15.7. The maximum atomic E-state index is 5.91. The van der Waals surface area contributed by atoms with Crippen molar-refractivity contribution in [2.45, 2.75) is 57.1 Å². The Labute approximate surface area is 133 Å². The Kier molecular flexibility index (Phi) is 4.64.